The molecule has 1 aliphatic heterocycles. The van der Waals surface area contributed by atoms with Gasteiger partial charge in [-0.1, -0.05) is 13.8 Å². The van der Waals surface area contributed by atoms with Crippen LogP contribution >= 0.6 is 11.6 Å². The zero-order valence-electron chi connectivity index (χ0n) is 13.7. The lowest BCUT2D eigenvalue weighted by Gasteiger charge is -2.46. The summed E-state index contributed by atoms with van der Waals surface area (Å²) in [6, 6.07) is -1.42. The maximum atomic E-state index is 12.4. The molecule has 1 fully saturated rings. The molecular formula is C14H27ClN2O6. The second-order valence-electron chi connectivity index (χ2n) is 5.90. The molecule has 0 radical (unpaired) electrons. The third-order valence-corrected chi connectivity index (χ3v) is 3.82. The predicted molar refractivity (Wildman–Crippen MR) is 84.2 cm³/mol. The van der Waals surface area contributed by atoms with E-state index in [0.717, 1.165) is 0 Å². The van der Waals surface area contributed by atoms with Crippen molar-refractivity contribution in [1.29, 1.82) is 0 Å². The first-order valence-electron chi connectivity index (χ1n) is 7.63. The van der Waals surface area contributed by atoms with Crippen LogP contribution in [0.3, 0.4) is 0 Å². The van der Waals surface area contributed by atoms with Gasteiger partial charge in [0.1, 0.15) is 18.3 Å². The minimum Gasteiger partial charge on any atom is -0.394 e. The van der Waals surface area contributed by atoms with Crippen molar-refractivity contribution in [3.63, 3.8) is 0 Å². The molecule has 4 N–H and O–H groups in total. The Morgan fingerprint density at radius 2 is 2.04 bits per heavy atom. The van der Waals surface area contributed by atoms with Crippen molar-refractivity contribution < 1.29 is 29.6 Å². The summed E-state index contributed by atoms with van der Waals surface area (Å²) in [6.45, 7) is 3.95. The molecule has 0 unspecified atom stereocenters. The fraction of sp³-hybridized carbons (Fsp3) is 0.929. The van der Waals surface area contributed by atoms with E-state index in [1.165, 1.54) is 12.0 Å². The van der Waals surface area contributed by atoms with Gasteiger partial charge >= 0.3 is 6.03 Å². The zero-order valence-corrected chi connectivity index (χ0v) is 14.4. The molecule has 0 spiro atoms. The Morgan fingerprint density at radius 3 is 2.52 bits per heavy atom. The molecule has 1 rings (SSSR count). The molecular weight excluding hydrogens is 328 g/mol. The molecule has 0 bridgehead atoms. The van der Waals surface area contributed by atoms with Gasteiger partial charge in [-0.2, -0.15) is 0 Å². The minimum atomic E-state index is -1.25. The maximum absolute atomic E-state index is 12.4. The molecule has 2 amide bonds. The van der Waals surface area contributed by atoms with Crippen LogP contribution in [0.25, 0.3) is 0 Å². The largest absolute Gasteiger partial charge is 0.394 e. The van der Waals surface area contributed by atoms with Crippen molar-refractivity contribution in [2.75, 3.05) is 32.7 Å². The van der Waals surface area contributed by atoms with Crippen molar-refractivity contribution in [3.05, 3.63) is 0 Å². The SMILES string of the molecule is CO[C@H]1O[C@H](CO)[C@@H](O)[C@@H](N(CC(C)C)C(=O)NCCCl)[C@H]1O. The van der Waals surface area contributed by atoms with Gasteiger partial charge in [0.05, 0.1) is 12.6 Å². The van der Waals surface area contributed by atoms with Gasteiger partial charge < -0.3 is 35.0 Å². The van der Waals surface area contributed by atoms with Crippen LogP contribution in [0.2, 0.25) is 0 Å². The number of hydrogen-bond acceptors (Lipinski definition) is 6. The smallest absolute Gasteiger partial charge is 0.317 e. The molecule has 0 aromatic rings. The lowest BCUT2D eigenvalue weighted by Crippen LogP contribution is -2.67. The molecule has 23 heavy (non-hydrogen) atoms. The van der Waals surface area contributed by atoms with Crippen LogP contribution in [0.5, 0.6) is 0 Å². The number of rotatable bonds is 7. The summed E-state index contributed by atoms with van der Waals surface area (Å²) < 4.78 is 10.4. The summed E-state index contributed by atoms with van der Waals surface area (Å²) in [5.41, 5.74) is 0. The number of nitrogens with zero attached hydrogens (tertiary/aromatic N) is 1. The average Bonchev–Trinajstić information content (AvgIpc) is 2.51. The second-order valence-corrected chi connectivity index (χ2v) is 6.28. The normalized spacial score (nSPS) is 31.2. The van der Waals surface area contributed by atoms with Crippen molar-refractivity contribution in [2.45, 2.75) is 44.5 Å². The summed E-state index contributed by atoms with van der Waals surface area (Å²) in [6.07, 6.45) is -4.50. The van der Waals surface area contributed by atoms with E-state index in [0.29, 0.717) is 6.54 Å². The van der Waals surface area contributed by atoms with Gasteiger partial charge in [0.25, 0.3) is 0 Å². The van der Waals surface area contributed by atoms with Crippen LogP contribution in [-0.2, 0) is 9.47 Å². The van der Waals surface area contributed by atoms with Crippen LogP contribution in [0.15, 0.2) is 0 Å². The number of nitrogens with one attached hydrogen (secondary N) is 1. The standard InChI is InChI=1S/C14H27ClN2O6/c1-8(2)6-17(14(21)16-5-4-15)10-11(19)9(7-18)23-13(22-3)12(10)20/h8-13,18-20H,4-7H2,1-3H3,(H,16,21)/t9-,10-,11-,12-,13+/m1/s1. The molecule has 1 saturated heterocycles. The van der Waals surface area contributed by atoms with Crippen molar-refractivity contribution in [1.82, 2.24) is 10.2 Å². The third-order valence-electron chi connectivity index (χ3n) is 3.63. The maximum Gasteiger partial charge on any atom is 0.317 e. The van der Waals surface area contributed by atoms with E-state index in [-0.39, 0.29) is 18.3 Å². The Labute approximate surface area is 141 Å². The zero-order chi connectivity index (χ0) is 17.6. The Balaban J connectivity index is 3.04. The van der Waals surface area contributed by atoms with Gasteiger partial charge in [-0.3, -0.25) is 0 Å². The lowest BCUT2D eigenvalue weighted by atomic mass is 9.94. The van der Waals surface area contributed by atoms with E-state index >= 15 is 0 Å². The molecule has 0 aromatic heterocycles. The molecule has 8 nitrogen and oxygen atoms in total. The number of ether oxygens (including phenoxy) is 2. The number of amides is 2. The number of hydrogen-bond donors (Lipinski definition) is 4. The summed E-state index contributed by atoms with van der Waals surface area (Å²) in [7, 11) is 1.34. The van der Waals surface area contributed by atoms with E-state index in [9.17, 15) is 20.1 Å². The molecule has 9 heteroatoms. The molecule has 136 valence electrons. The summed E-state index contributed by atoms with van der Waals surface area (Å²) in [4.78, 5) is 13.8. The van der Waals surface area contributed by atoms with Gasteiger partial charge in [0.15, 0.2) is 6.29 Å². The number of urea groups is 1. The third kappa shape index (κ3) is 5.17. The number of carbonyl (C=O) groups is 1. The number of carbonyl (C=O) groups excluding carboxylic acids is 1. The minimum absolute atomic E-state index is 0.104. The molecule has 0 aromatic carbocycles. The number of methoxy groups -OCH3 is 1. The van der Waals surface area contributed by atoms with Crippen LogP contribution < -0.4 is 5.32 Å². The number of alkyl halides is 1. The Morgan fingerprint density at radius 1 is 1.39 bits per heavy atom. The monoisotopic (exact) mass is 354 g/mol. The first kappa shape index (κ1) is 20.4. The fourth-order valence-corrected chi connectivity index (χ4v) is 2.71. The van der Waals surface area contributed by atoms with Gasteiger partial charge in [0, 0.05) is 26.1 Å². The summed E-state index contributed by atoms with van der Waals surface area (Å²) in [5, 5.41) is 32.8. The van der Waals surface area contributed by atoms with E-state index in [1.54, 1.807) is 0 Å². The van der Waals surface area contributed by atoms with Gasteiger partial charge in [-0.25, -0.2) is 4.79 Å². The number of aliphatic hydroxyl groups excluding tert-OH is 3. The lowest BCUT2D eigenvalue weighted by molar-refractivity contribution is -0.280. The van der Waals surface area contributed by atoms with Crippen LogP contribution in [0, 0.1) is 5.92 Å². The van der Waals surface area contributed by atoms with Crippen LogP contribution in [-0.4, -0.2) is 89.6 Å². The summed E-state index contributed by atoms with van der Waals surface area (Å²) in [5.74, 6) is 0.354. The molecule has 1 heterocycles. The number of halogens is 1. The van der Waals surface area contributed by atoms with E-state index in [4.69, 9.17) is 21.1 Å². The molecule has 5 atom stereocenters. The van der Waals surface area contributed by atoms with Gasteiger partial charge in [-0.15, -0.1) is 11.6 Å². The average molecular weight is 355 g/mol. The highest BCUT2D eigenvalue weighted by Gasteiger charge is 2.48. The Bertz CT molecular complexity index is 357. The Hall–Kier alpha value is -0.640. The highest BCUT2D eigenvalue weighted by molar-refractivity contribution is 6.18. The number of aliphatic hydroxyl groups is 3. The van der Waals surface area contributed by atoms with Crippen molar-refractivity contribution in [2.24, 2.45) is 5.92 Å². The first-order valence-corrected chi connectivity index (χ1v) is 8.16. The van der Waals surface area contributed by atoms with Crippen molar-refractivity contribution in [3.8, 4) is 0 Å². The second kappa shape index (κ2) is 9.61. The van der Waals surface area contributed by atoms with Gasteiger partial charge in [0.2, 0.25) is 0 Å². The summed E-state index contributed by atoms with van der Waals surface area (Å²) >= 11 is 5.59. The van der Waals surface area contributed by atoms with Crippen LogP contribution in [0.4, 0.5) is 4.79 Å². The fourth-order valence-electron chi connectivity index (χ4n) is 2.62. The van der Waals surface area contributed by atoms with Crippen molar-refractivity contribution >= 4 is 17.6 Å². The van der Waals surface area contributed by atoms with E-state index < -0.39 is 43.3 Å². The van der Waals surface area contributed by atoms with E-state index in [2.05, 4.69) is 5.32 Å². The molecule has 0 aliphatic carbocycles. The van der Waals surface area contributed by atoms with Gasteiger partial charge in [-0.05, 0) is 5.92 Å². The quantitative estimate of drug-likeness (QED) is 0.452. The first-order chi connectivity index (χ1) is 10.9. The highest BCUT2D eigenvalue weighted by atomic mass is 35.5. The van der Waals surface area contributed by atoms with Crippen LogP contribution in [0.1, 0.15) is 13.8 Å². The molecule has 1 aliphatic rings. The van der Waals surface area contributed by atoms with E-state index in [1.807, 2.05) is 13.8 Å². The highest BCUT2D eigenvalue weighted by Crippen LogP contribution is 2.26. The topological polar surface area (TPSA) is 111 Å². The molecule has 0 saturated carbocycles. The predicted octanol–water partition coefficient (Wildman–Crippen LogP) is -0.653. The Kier molecular flexibility index (Phi) is 8.52.